The Kier molecular flexibility index (Phi) is 9.28. The molecule has 3 unspecified atom stereocenters. The molecule has 2 saturated heterocycles. The summed E-state index contributed by atoms with van der Waals surface area (Å²) in [4.78, 5) is 28.9. The van der Waals surface area contributed by atoms with Crippen LogP contribution in [0.15, 0.2) is 48.9 Å². The van der Waals surface area contributed by atoms with Crippen LogP contribution in [0.2, 0.25) is 0 Å². The number of aliphatic carboxylic acids is 1. The summed E-state index contributed by atoms with van der Waals surface area (Å²) in [6.45, 7) is 8.17. The molecule has 3 aliphatic rings. The van der Waals surface area contributed by atoms with Crippen LogP contribution in [0, 0.1) is 11.8 Å². The van der Waals surface area contributed by atoms with Crippen LogP contribution in [0.25, 0.3) is 0 Å². The first kappa shape index (κ1) is 27.1. The third-order valence-corrected chi connectivity index (χ3v) is 9.24. The van der Waals surface area contributed by atoms with Crippen molar-refractivity contribution >= 4 is 11.8 Å². The van der Waals surface area contributed by atoms with Crippen LogP contribution >= 0.6 is 0 Å². The lowest BCUT2D eigenvalue weighted by Gasteiger charge is -2.40. The molecule has 1 saturated carbocycles. The van der Waals surface area contributed by atoms with Crippen LogP contribution in [0.1, 0.15) is 69.8 Å². The number of likely N-dealkylation sites (tertiary alicyclic amines) is 2. The summed E-state index contributed by atoms with van der Waals surface area (Å²) in [6, 6.07) is 11.0. The fourth-order valence-electron chi connectivity index (χ4n) is 7.41. The number of rotatable bonds is 10. The second-order valence-electron chi connectivity index (χ2n) is 11.7. The predicted octanol–water partition coefficient (Wildman–Crippen LogP) is 4.91. The zero-order valence-corrected chi connectivity index (χ0v) is 23.0. The molecular formula is C31H45N5O2. The van der Waals surface area contributed by atoms with Gasteiger partial charge in [-0.3, -0.25) is 14.7 Å². The standard InChI is InChI=1S/C31H45N5O2/c1-2-17-36(29-20-32-15-16-33-29)27-13-18-34(19-14-27)21-26-22-35(23-28(26)24-9-5-3-6-10-24)30(31(37)38)25-11-7-4-8-12-25/h3,5-6,9-10,15-16,20,25-28,30H,2,4,7-8,11-14,17-19,21-23H2,1H3,(H,37,38). The molecule has 3 atom stereocenters. The first-order valence-corrected chi connectivity index (χ1v) is 14.9. The van der Waals surface area contributed by atoms with Crippen molar-refractivity contribution in [2.24, 2.45) is 11.8 Å². The SMILES string of the molecule is CCCN(c1cnccn1)C1CCN(CC2CN(C(C(=O)O)C3CCCCC3)CC2c2ccccc2)CC1. The van der Waals surface area contributed by atoms with Crippen LogP contribution in [0.3, 0.4) is 0 Å². The quantitative estimate of drug-likeness (QED) is 0.478. The van der Waals surface area contributed by atoms with Gasteiger partial charge in [-0.1, -0.05) is 56.5 Å². The van der Waals surface area contributed by atoms with Gasteiger partial charge in [0.15, 0.2) is 0 Å². The van der Waals surface area contributed by atoms with Crippen LogP contribution in [0.5, 0.6) is 0 Å². The Labute approximate surface area is 228 Å². The fourth-order valence-corrected chi connectivity index (χ4v) is 7.41. The van der Waals surface area contributed by atoms with Crippen molar-refractivity contribution in [1.29, 1.82) is 0 Å². The number of hydrogen-bond acceptors (Lipinski definition) is 6. The summed E-state index contributed by atoms with van der Waals surface area (Å²) in [5, 5.41) is 10.3. The second kappa shape index (κ2) is 13.0. The molecule has 7 nitrogen and oxygen atoms in total. The van der Waals surface area contributed by atoms with Gasteiger partial charge >= 0.3 is 5.97 Å². The smallest absolute Gasteiger partial charge is 0.321 e. The van der Waals surface area contributed by atoms with E-state index < -0.39 is 5.97 Å². The van der Waals surface area contributed by atoms with Gasteiger partial charge in [0, 0.05) is 63.6 Å². The van der Waals surface area contributed by atoms with Gasteiger partial charge < -0.3 is 14.9 Å². The lowest BCUT2D eigenvalue weighted by Crippen LogP contribution is -2.48. The molecule has 38 heavy (non-hydrogen) atoms. The van der Waals surface area contributed by atoms with Gasteiger partial charge in [0.25, 0.3) is 0 Å². The molecule has 0 spiro atoms. The predicted molar refractivity (Wildman–Crippen MR) is 151 cm³/mol. The number of nitrogens with zero attached hydrogens (tertiary/aromatic N) is 5. The molecule has 1 N–H and O–H groups in total. The normalized spacial score (nSPS) is 24.9. The highest BCUT2D eigenvalue weighted by molar-refractivity contribution is 5.74. The lowest BCUT2D eigenvalue weighted by atomic mass is 9.83. The first-order valence-electron chi connectivity index (χ1n) is 14.9. The Bertz CT molecular complexity index is 992. The number of benzene rings is 1. The highest BCUT2D eigenvalue weighted by atomic mass is 16.4. The Balaban J connectivity index is 1.26. The number of piperidine rings is 1. The Morgan fingerprint density at radius 3 is 2.47 bits per heavy atom. The number of aromatic nitrogens is 2. The van der Waals surface area contributed by atoms with Gasteiger partial charge in [-0.15, -0.1) is 0 Å². The topological polar surface area (TPSA) is 72.8 Å². The molecule has 3 heterocycles. The third kappa shape index (κ3) is 6.37. The monoisotopic (exact) mass is 519 g/mol. The van der Waals surface area contributed by atoms with Crippen molar-refractivity contribution in [1.82, 2.24) is 19.8 Å². The van der Waals surface area contributed by atoms with E-state index in [-0.39, 0.29) is 12.0 Å². The fraction of sp³-hybridized carbons (Fsp3) is 0.645. The van der Waals surface area contributed by atoms with E-state index in [4.69, 9.17) is 0 Å². The van der Waals surface area contributed by atoms with Gasteiger partial charge in [0.1, 0.15) is 11.9 Å². The minimum absolute atomic E-state index is 0.290. The van der Waals surface area contributed by atoms with Crippen molar-refractivity contribution in [3.63, 3.8) is 0 Å². The molecule has 0 radical (unpaired) electrons. The maximum atomic E-state index is 12.5. The van der Waals surface area contributed by atoms with E-state index in [0.29, 0.717) is 17.9 Å². The van der Waals surface area contributed by atoms with Crippen molar-refractivity contribution in [3.8, 4) is 0 Å². The zero-order valence-electron chi connectivity index (χ0n) is 23.0. The molecule has 2 aliphatic heterocycles. The summed E-state index contributed by atoms with van der Waals surface area (Å²) in [7, 11) is 0. The van der Waals surface area contributed by atoms with Crippen molar-refractivity contribution in [2.45, 2.75) is 76.3 Å². The largest absolute Gasteiger partial charge is 0.480 e. The van der Waals surface area contributed by atoms with E-state index in [0.717, 1.165) is 77.2 Å². The van der Waals surface area contributed by atoms with Gasteiger partial charge in [-0.05, 0) is 49.5 Å². The summed E-state index contributed by atoms with van der Waals surface area (Å²) in [5.74, 6) is 1.50. The van der Waals surface area contributed by atoms with E-state index >= 15 is 0 Å². The highest BCUT2D eigenvalue weighted by Crippen LogP contribution is 2.38. The third-order valence-electron chi connectivity index (χ3n) is 9.24. The molecule has 2 aromatic rings. The van der Waals surface area contributed by atoms with Gasteiger partial charge in [0.2, 0.25) is 0 Å². The zero-order chi connectivity index (χ0) is 26.3. The summed E-state index contributed by atoms with van der Waals surface area (Å²) in [6.07, 6.45) is 14.5. The number of carboxylic acid groups (broad SMARTS) is 1. The lowest BCUT2D eigenvalue weighted by molar-refractivity contribution is -0.145. The minimum Gasteiger partial charge on any atom is -0.480 e. The molecule has 1 aromatic carbocycles. The summed E-state index contributed by atoms with van der Waals surface area (Å²) in [5.41, 5.74) is 1.36. The van der Waals surface area contributed by atoms with Crippen molar-refractivity contribution < 1.29 is 9.90 Å². The maximum Gasteiger partial charge on any atom is 0.321 e. The molecule has 206 valence electrons. The average molecular weight is 520 g/mol. The van der Waals surface area contributed by atoms with Gasteiger partial charge in [0.05, 0.1) is 6.20 Å². The van der Waals surface area contributed by atoms with E-state index in [1.165, 1.54) is 24.8 Å². The van der Waals surface area contributed by atoms with Crippen LogP contribution in [-0.4, -0.2) is 82.2 Å². The average Bonchev–Trinajstić information content (AvgIpc) is 3.36. The summed E-state index contributed by atoms with van der Waals surface area (Å²) < 4.78 is 0. The second-order valence-corrected chi connectivity index (χ2v) is 11.7. The maximum absolute atomic E-state index is 12.5. The van der Waals surface area contributed by atoms with E-state index in [9.17, 15) is 9.90 Å². The number of anilines is 1. The minimum atomic E-state index is -0.620. The first-order chi connectivity index (χ1) is 18.6. The van der Waals surface area contributed by atoms with Gasteiger partial charge in [-0.25, -0.2) is 4.98 Å². The molecule has 0 bridgehead atoms. The number of hydrogen-bond donors (Lipinski definition) is 1. The molecule has 1 aliphatic carbocycles. The molecule has 0 amide bonds. The van der Waals surface area contributed by atoms with Crippen LogP contribution < -0.4 is 4.90 Å². The molecule has 5 rings (SSSR count). The van der Waals surface area contributed by atoms with E-state index in [1.807, 2.05) is 6.20 Å². The highest BCUT2D eigenvalue weighted by Gasteiger charge is 2.43. The molecule has 1 aromatic heterocycles. The van der Waals surface area contributed by atoms with Crippen LogP contribution in [-0.2, 0) is 4.79 Å². The van der Waals surface area contributed by atoms with Crippen molar-refractivity contribution in [2.75, 3.05) is 44.2 Å². The van der Waals surface area contributed by atoms with Gasteiger partial charge in [-0.2, -0.15) is 0 Å². The van der Waals surface area contributed by atoms with E-state index in [1.54, 1.807) is 12.4 Å². The number of carboxylic acids is 1. The number of carbonyl (C=O) groups is 1. The van der Waals surface area contributed by atoms with E-state index in [2.05, 4.69) is 61.9 Å². The molecular weight excluding hydrogens is 474 g/mol. The Morgan fingerprint density at radius 1 is 1.05 bits per heavy atom. The van der Waals surface area contributed by atoms with Crippen LogP contribution in [0.4, 0.5) is 5.82 Å². The molecule has 3 fully saturated rings. The Morgan fingerprint density at radius 2 is 1.82 bits per heavy atom. The molecule has 7 heteroatoms. The Hall–Kier alpha value is -2.51. The summed E-state index contributed by atoms with van der Waals surface area (Å²) >= 11 is 0. The van der Waals surface area contributed by atoms with Crippen molar-refractivity contribution in [3.05, 3.63) is 54.5 Å².